The Morgan fingerprint density at radius 1 is 1.04 bits per heavy atom. The molecule has 0 amide bonds. The summed E-state index contributed by atoms with van der Waals surface area (Å²) in [5.74, 6) is -2.05. The number of hydrogen-bond donors (Lipinski definition) is 0. The smallest absolute Gasteiger partial charge is 0.206 e. The van der Waals surface area contributed by atoms with E-state index in [1.165, 1.54) is 18.9 Å². The van der Waals surface area contributed by atoms with Crippen molar-refractivity contribution in [2.24, 2.45) is 11.8 Å². The maximum absolute atomic E-state index is 13.5. The summed E-state index contributed by atoms with van der Waals surface area (Å²) in [6, 6.07) is 1.48. The summed E-state index contributed by atoms with van der Waals surface area (Å²) >= 11 is 0. The average Bonchev–Trinajstić information content (AvgIpc) is 2.44. The van der Waals surface area contributed by atoms with Crippen molar-refractivity contribution in [1.29, 1.82) is 0 Å². The lowest BCUT2D eigenvalue weighted by Gasteiger charge is -2.26. The highest BCUT2D eigenvalue weighted by Gasteiger charge is 2.37. The molecule has 0 radical (unpaired) electrons. The van der Waals surface area contributed by atoms with Crippen molar-refractivity contribution >= 4 is 6.08 Å². The van der Waals surface area contributed by atoms with Gasteiger partial charge in [0.1, 0.15) is 17.2 Å². The minimum atomic E-state index is -5.02. The molecule has 0 N–H and O–H groups in total. The first-order chi connectivity index (χ1) is 10.8. The van der Waals surface area contributed by atoms with E-state index in [0.717, 1.165) is 43.7 Å². The SMILES string of the molecule is CCCC1CCC(/C=C/c2cc(F)c(C(F)(F)F)c(F)c2)CC1. The van der Waals surface area contributed by atoms with Gasteiger partial charge in [0.2, 0.25) is 0 Å². The molecule has 0 aliphatic heterocycles. The Morgan fingerprint density at radius 2 is 1.61 bits per heavy atom. The van der Waals surface area contributed by atoms with Gasteiger partial charge in [0.25, 0.3) is 0 Å². The average molecular weight is 332 g/mol. The molecule has 0 saturated heterocycles. The maximum Gasteiger partial charge on any atom is 0.422 e. The molecule has 1 aliphatic rings. The van der Waals surface area contributed by atoms with Crippen LogP contribution in [0.4, 0.5) is 22.0 Å². The zero-order valence-electron chi connectivity index (χ0n) is 13.1. The molecule has 0 spiro atoms. The van der Waals surface area contributed by atoms with Gasteiger partial charge in [-0.25, -0.2) is 8.78 Å². The van der Waals surface area contributed by atoms with E-state index < -0.39 is 23.4 Å². The highest BCUT2D eigenvalue weighted by atomic mass is 19.4. The Labute approximate surface area is 133 Å². The maximum atomic E-state index is 13.5. The first-order valence-electron chi connectivity index (χ1n) is 8.05. The molecular formula is C18H21F5. The zero-order valence-corrected chi connectivity index (χ0v) is 13.1. The van der Waals surface area contributed by atoms with Crippen molar-refractivity contribution in [2.45, 2.75) is 51.6 Å². The summed E-state index contributed by atoms with van der Waals surface area (Å²) in [5, 5.41) is 0. The Balaban J connectivity index is 2.04. The molecule has 0 bridgehead atoms. The van der Waals surface area contributed by atoms with E-state index in [1.807, 2.05) is 6.08 Å². The number of rotatable bonds is 4. The lowest BCUT2D eigenvalue weighted by atomic mass is 9.80. The molecule has 1 fully saturated rings. The van der Waals surface area contributed by atoms with Gasteiger partial charge in [0, 0.05) is 0 Å². The normalized spacial score (nSPS) is 22.7. The van der Waals surface area contributed by atoms with Gasteiger partial charge in [0.05, 0.1) is 0 Å². The summed E-state index contributed by atoms with van der Waals surface area (Å²) < 4.78 is 64.6. The van der Waals surface area contributed by atoms with Crippen LogP contribution in [-0.2, 0) is 6.18 Å². The third-order valence-electron chi connectivity index (χ3n) is 4.50. The summed E-state index contributed by atoms with van der Waals surface area (Å²) in [4.78, 5) is 0. The molecule has 1 aliphatic carbocycles. The van der Waals surface area contributed by atoms with E-state index in [0.29, 0.717) is 5.92 Å². The Bertz CT molecular complexity index is 528. The first kappa shape index (κ1) is 18.0. The predicted molar refractivity (Wildman–Crippen MR) is 80.8 cm³/mol. The van der Waals surface area contributed by atoms with Crippen LogP contribution in [-0.4, -0.2) is 0 Å². The molecule has 1 aromatic rings. The van der Waals surface area contributed by atoms with Crippen LogP contribution in [0, 0.1) is 23.5 Å². The van der Waals surface area contributed by atoms with Crippen LogP contribution in [0.2, 0.25) is 0 Å². The van der Waals surface area contributed by atoms with Crippen molar-refractivity contribution in [3.05, 3.63) is 41.0 Å². The molecular weight excluding hydrogens is 311 g/mol. The van der Waals surface area contributed by atoms with Gasteiger partial charge >= 0.3 is 6.18 Å². The summed E-state index contributed by atoms with van der Waals surface area (Å²) in [6.45, 7) is 2.17. The minimum absolute atomic E-state index is 0.128. The van der Waals surface area contributed by atoms with Crippen LogP contribution in [0.5, 0.6) is 0 Å². The topological polar surface area (TPSA) is 0 Å². The molecule has 0 nitrogen and oxygen atoms in total. The second kappa shape index (κ2) is 7.45. The van der Waals surface area contributed by atoms with Crippen LogP contribution in [0.1, 0.15) is 56.6 Å². The van der Waals surface area contributed by atoms with E-state index >= 15 is 0 Å². The van der Waals surface area contributed by atoms with Crippen LogP contribution >= 0.6 is 0 Å². The molecule has 0 aromatic heterocycles. The quantitative estimate of drug-likeness (QED) is 0.545. The molecule has 2 rings (SSSR count). The van der Waals surface area contributed by atoms with Gasteiger partial charge < -0.3 is 0 Å². The van der Waals surface area contributed by atoms with E-state index in [4.69, 9.17) is 0 Å². The van der Waals surface area contributed by atoms with Gasteiger partial charge in [-0.15, -0.1) is 0 Å². The standard InChI is InChI=1S/C18H21F5/c1-2-3-12-4-6-13(7-5-12)8-9-14-10-15(19)17(16(20)11-14)18(21,22)23/h8-13H,2-7H2,1H3/b9-8+. The van der Waals surface area contributed by atoms with Gasteiger partial charge in [-0.1, -0.05) is 31.9 Å². The molecule has 1 saturated carbocycles. The largest absolute Gasteiger partial charge is 0.422 e. The Hall–Kier alpha value is -1.39. The van der Waals surface area contributed by atoms with Crippen molar-refractivity contribution < 1.29 is 22.0 Å². The highest BCUT2D eigenvalue weighted by molar-refractivity contribution is 5.51. The summed E-state index contributed by atoms with van der Waals surface area (Å²) in [7, 11) is 0. The van der Waals surface area contributed by atoms with Crippen molar-refractivity contribution in [2.75, 3.05) is 0 Å². The monoisotopic (exact) mass is 332 g/mol. The number of allylic oxidation sites excluding steroid dienone is 1. The number of halogens is 5. The Kier molecular flexibility index (Phi) is 5.82. The molecule has 0 unspecified atom stereocenters. The highest BCUT2D eigenvalue weighted by Crippen LogP contribution is 2.35. The van der Waals surface area contributed by atoms with Crippen LogP contribution in [0.15, 0.2) is 18.2 Å². The molecule has 5 heteroatoms. The zero-order chi connectivity index (χ0) is 17.0. The summed E-state index contributed by atoms with van der Waals surface area (Å²) in [6.07, 6.45) is 5.09. The van der Waals surface area contributed by atoms with E-state index in [1.54, 1.807) is 0 Å². The fourth-order valence-corrected chi connectivity index (χ4v) is 3.28. The lowest BCUT2D eigenvalue weighted by Crippen LogP contribution is -2.13. The third-order valence-corrected chi connectivity index (χ3v) is 4.50. The van der Waals surface area contributed by atoms with Crippen LogP contribution in [0.25, 0.3) is 6.08 Å². The van der Waals surface area contributed by atoms with Crippen molar-refractivity contribution in [3.63, 3.8) is 0 Å². The van der Waals surface area contributed by atoms with Gasteiger partial charge in [-0.05, 0) is 55.2 Å². The summed E-state index contributed by atoms with van der Waals surface area (Å²) in [5.41, 5.74) is -1.70. The number of hydrogen-bond acceptors (Lipinski definition) is 0. The predicted octanol–water partition coefficient (Wildman–Crippen LogP) is 6.60. The molecule has 23 heavy (non-hydrogen) atoms. The second-order valence-electron chi connectivity index (χ2n) is 6.29. The van der Waals surface area contributed by atoms with Crippen molar-refractivity contribution in [1.82, 2.24) is 0 Å². The molecule has 0 atom stereocenters. The van der Waals surface area contributed by atoms with E-state index in [-0.39, 0.29) is 5.56 Å². The molecule has 128 valence electrons. The first-order valence-corrected chi connectivity index (χ1v) is 8.05. The fraction of sp³-hybridized carbons (Fsp3) is 0.556. The van der Waals surface area contributed by atoms with Crippen LogP contribution in [0.3, 0.4) is 0 Å². The number of benzene rings is 1. The van der Waals surface area contributed by atoms with Crippen molar-refractivity contribution in [3.8, 4) is 0 Å². The van der Waals surface area contributed by atoms with Gasteiger partial charge in [-0.2, -0.15) is 13.2 Å². The second-order valence-corrected chi connectivity index (χ2v) is 6.29. The van der Waals surface area contributed by atoms with Crippen LogP contribution < -0.4 is 0 Å². The number of alkyl halides is 3. The van der Waals surface area contributed by atoms with E-state index in [2.05, 4.69) is 6.92 Å². The fourth-order valence-electron chi connectivity index (χ4n) is 3.28. The van der Waals surface area contributed by atoms with Gasteiger partial charge in [-0.3, -0.25) is 0 Å². The minimum Gasteiger partial charge on any atom is -0.206 e. The molecule has 0 heterocycles. The molecule has 1 aromatic carbocycles. The lowest BCUT2D eigenvalue weighted by molar-refractivity contribution is -0.142. The third kappa shape index (κ3) is 4.79. The Morgan fingerprint density at radius 3 is 2.09 bits per heavy atom. The van der Waals surface area contributed by atoms with Gasteiger partial charge in [0.15, 0.2) is 0 Å². The van der Waals surface area contributed by atoms with E-state index in [9.17, 15) is 22.0 Å².